The molecule has 6 nitrogen and oxygen atoms in total. The van der Waals surface area contributed by atoms with Crippen molar-refractivity contribution < 1.29 is 9.59 Å². The van der Waals surface area contributed by atoms with Crippen molar-refractivity contribution >= 4 is 11.8 Å². The van der Waals surface area contributed by atoms with Crippen LogP contribution < -0.4 is 0 Å². The number of carbonyl (C=O) groups is 2. The molecule has 1 aliphatic rings. The van der Waals surface area contributed by atoms with E-state index in [9.17, 15) is 9.59 Å². The minimum Gasteiger partial charge on any atom is -0.341 e. The van der Waals surface area contributed by atoms with E-state index in [-0.39, 0.29) is 23.8 Å². The number of amides is 2. The van der Waals surface area contributed by atoms with Gasteiger partial charge in [0.2, 0.25) is 5.91 Å². The van der Waals surface area contributed by atoms with Gasteiger partial charge in [-0.05, 0) is 6.92 Å². The predicted octanol–water partition coefficient (Wildman–Crippen LogP) is 0.739. The maximum absolute atomic E-state index is 12.2. The monoisotopic (exact) mass is 264 g/mol. The van der Waals surface area contributed by atoms with Gasteiger partial charge in [0, 0.05) is 44.0 Å². The number of hydrogen-bond donors (Lipinski definition) is 1. The Morgan fingerprint density at radius 3 is 2.68 bits per heavy atom. The molecule has 2 amide bonds. The number of hydrogen-bond acceptors (Lipinski definition) is 3. The average molecular weight is 264 g/mol. The zero-order valence-corrected chi connectivity index (χ0v) is 11.6. The van der Waals surface area contributed by atoms with Gasteiger partial charge in [-0.15, -0.1) is 0 Å². The number of H-pyrrole nitrogens is 1. The van der Waals surface area contributed by atoms with E-state index in [1.807, 2.05) is 25.7 Å². The van der Waals surface area contributed by atoms with Crippen LogP contribution in [0.2, 0.25) is 0 Å². The van der Waals surface area contributed by atoms with Gasteiger partial charge in [-0.1, -0.05) is 13.8 Å². The minimum atomic E-state index is -0.103. The average Bonchev–Trinajstić information content (AvgIpc) is 2.90. The van der Waals surface area contributed by atoms with Crippen LogP contribution in [-0.4, -0.2) is 57.3 Å². The van der Waals surface area contributed by atoms with Crippen LogP contribution in [0.3, 0.4) is 0 Å². The maximum atomic E-state index is 12.2. The highest BCUT2D eigenvalue weighted by Gasteiger charge is 2.31. The third kappa shape index (κ3) is 2.77. The van der Waals surface area contributed by atoms with E-state index in [1.165, 1.54) is 0 Å². The Kier molecular flexibility index (Phi) is 3.87. The number of piperazine rings is 1. The Bertz CT molecular complexity index is 455. The first-order chi connectivity index (χ1) is 9.00. The molecular formula is C13H20N4O2. The van der Waals surface area contributed by atoms with Gasteiger partial charge in [0.1, 0.15) is 0 Å². The van der Waals surface area contributed by atoms with E-state index in [0.717, 1.165) is 0 Å². The molecule has 1 fully saturated rings. The van der Waals surface area contributed by atoms with Gasteiger partial charge in [0.25, 0.3) is 5.91 Å². The minimum absolute atomic E-state index is 0.000440. The van der Waals surface area contributed by atoms with Crippen molar-refractivity contribution in [1.82, 2.24) is 19.8 Å². The van der Waals surface area contributed by atoms with Crippen LogP contribution >= 0.6 is 0 Å². The van der Waals surface area contributed by atoms with Crippen LogP contribution in [0.15, 0.2) is 12.4 Å². The number of carbonyl (C=O) groups excluding carboxylic acids is 2. The first-order valence-corrected chi connectivity index (χ1v) is 6.60. The molecule has 1 saturated heterocycles. The van der Waals surface area contributed by atoms with Gasteiger partial charge < -0.3 is 14.8 Å². The van der Waals surface area contributed by atoms with Crippen LogP contribution in [0.4, 0.5) is 0 Å². The smallest absolute Gasteiger partial charge is 0.290 e. The van der Waals surface area contributed by atoms with Gasteiger partial charge >= 0.3 is 0 Å². The zero-order valence-electron chi connectivity index (χ0n) is 11.6. The molecule has 0 saturated carbocycles. The summed E-state index contributed by atoms with van der Waals surface area (Å²) in [6.07, 6.45) is 3.20. The lowest BCUT2D eigenvalue weighted by Crippen LogP contribution is -2.56. The van der Waals surface area contributed by atoms with Crippen molar-refractivity contribution in [1.29, 1.82) is 0 Å². The summed E-state index contributed by atoms with van der Waals surface area (Å²) in [7, 11) is 0. The predicted molar refractivity (Wildman–Crippen MR) is 70.5 cm³/mol. The molecule has 1 atom stereocenters. The van der Waals surface area contributed by atoms with Crippen LogP contribution in [0.5, 0.6) is 0 Å². The van der Waals surface area contributed by atoms with E-state index in [0.29, 0.717) is 25.5 Å². The topological polar surface area (TPSA) is 69.3 Å². The van der Waals surface area contributed by atoms with Gasteiger partial charge in [-0.3, -0.25) is 9.59 Å². The number of aromatic nitrogens is 2. The molecule has 2 rings (SSSR count). The van der Waals surface area contributed by atoms with E-state index in [1.54, 1.807) is 17.3 Å². The van der Waals surface area contributed by atoms with Gasteiger partial charge in [0.15, 0.2) is 5.82 Å². The molecule has 1 unspecified atom stereocenters. The van der Waals surface area contributed by atoms with Crippen molar-refractivity contribution in [3.63, 3.8) is 0 Å². The molecule has 6 heteroatoms. The highest BCUT2D eigenvalue weighted by Crippen LogP contribution is 2.14. The molecule has 2 heterocycles. The third-order valence-electron chi connectivity index (χ3n) is 3.39. The third-order valence-corrected chi connectivity index (χ3v) is 3.39. The van der Waals surface area contributed by atoms with Gasteiger partial charge in [-0.25, -0.2) is 4.98 Å². The molecule has 1 aromatic rings. The number of imidazole rings is 1. The summed E-state index contributed by atoms with van der Waals surface area (Å²) in [5.74, 6) is 0.404. The van der Waals surface area contributed by atoms with Crippen LogP contribution in [0.25, 0.3) is 0 Å². The van der Waals surface area contributed by atoms with E-state index in [2.05, 4.69) is 9.97 Å². The van der Waals surface area contributed by atoms with Gasteiger partial charge in [0.05, 0.1) is 0 Å². The SMILES string of the molecule is CC(C)C(=O)N1CCN(C(=O)c2ncc[nH]2)C(C)C1. The standard InChI is InChI=1S/C13H20N4O2/c1-9(2)12(18)16-6-7-17(10(3)8-16)13(19)11-14-4-5-15-11/h4-5,9-10H,6-8H2,1-3H3,(H,14,15). The van der Waals surface area contributed by atoms with E-state index < -0.39 is 0 Å². The van der Waals surface area contributed by atoms with Crippen LogP contribution in [0.1, 0.15) is 31.4 Å². The van der Waals surface area contributed by atoms with Gasteiger partial charge in [-0.2, -0.15) is 0 Å². The fourth-order valence-corrected chi connectivity index (χ4v) is 2.34. The first-order valence-electron chi connectivity index (χ1n) is 6.60. The first kappa shape index (κ1) is 13.6. The van der Waals surface area contributed by atoms with Crippen molar-refractivity contribution in [2.75, 3.05) is 19.6 Å². The molecule has 1 N–H and O–H groups in total. The molecular weight excluding hydrogens is 244 g/mol. The fraction of sp³-hybridized carbons (Fsp3) is 0.615. The molecule has 1 aliphatic heterocycles. The lowest BCUT2D eigenvalue weighted by atomic mass is 10.1. The second-order valence-electron chi connectivity index (χ2n) is 5.22. The second-order valence-corrected chi connectivity index (χ2v) is 5.22. The summed E-state index contributed by atoms with van der Waals surface area (Å²) in [5.41, 5.74) is 0. The molecule has 1 aromatic heterocycles. The van der Waals surface area contributed by atoms with Crippen molar-refractivity contribution in [2.24, 2.45) is 5.92 Å². The zero-order chi connectivity index (χ0) is 14.0. The Balaban J connectivity index is 2.01. The Morgan fingerprint density at radius 2 is 2.16 bits per heavy atom. The highest BCUT2D eigenvalue weighted by atomic mass is 16.2. The summed E-state index contributed by atoms with van der Waals surface area (Å²) >= 11 is 0. The molecule has 0 aromatic carbocycles. The molecule has 0 bridgehead atoms. The molecule has 19 heavy (non-hydrogen) atoms. The van der Waals surface area contributed by atoms with Crippen LogP contribution in [-0.2, 0) is 4.79 Å². The Morgan fingerprint density at radius 1 is 1.42 bits per heavy atom. The number of aromatic amines is 1. The lowest BCUT2D eigenvalue weighted by molar-refractivity contribution is -0.136. The fourth-order valence-electron chi connectivity index (χ4n) is 2.34. The number of rotatable bonds is 2. The number of nitrogens with one attached hydrogen (secondary N) is 1. The normalized spacial score (nSPS) is 19.9. The number of nitrogens with zero attached hydrogens (tertiary/aromatic N) is 3. The molecule has 104 valence electrons. The second kappa shape index (κ2) is 5.42. The maximum Gasteiger partial charge on any atom is 0.290 e. The van der Waals surface area contributed by atoms with Crippen molar-refractivity contribution in [3.8, 4) is 0 Å². The largest absolute Gasteiger partial charge is 0.341 e. The molecule has 0 spiro atoms. The molecule has 0 aliphatic carbocycles. The Hall–Kier alpha value is -1.85. The summed E-state index contributed by atoms with van der Waals surface area (Å²) in [5, 5.41) is 0. The van der Waals surface area contributed by atoms with Crippen molar-refractivity contribution in [3.05, 3.63) is 18.2 Å². The van der Waals surface area contributed by atoms with Crippen LogP contribution in [0, 0.1) is 5.92 Å². The summed E-state index contributed by atoms with van der Waals surface area (Å²) in [4.78, 5) is 34.6. The summed E-state index contributed by atoms with van der Waals surface area (Å²) in [6, 6.07) is 0.00838. The quantitative estimate of drug-likeness (QED) is 0.856. The summed E-state index contributed by atoms with van der Waals surface area (Å²) in [6.45, 7) is 7.48. The Labute approximate surface area is 112 Å². The highest BCUT2D eigenvalue weighted by molar-refractivity contribution is 5.91. The summed E-state index contributed by atoms with van der Waals surface area (Å²) < 4.78 is 0. The lowest BCUT2D eigenvalue weighted by Gasteiger charge is -2.40. The van der Waals surface area contributed by atoms with E-state index >= 15 is 0 Å². The van der Waals surface area contributed by atoms with E-state index in [4.69, 9.17) is 0 Å². The van der Waals surface area contributed by atoms with Crippen molar-refractivity contribution in [2.45, 2.75) is 26.8 Å². The molecule has 0 radical (unpaired) electrons.